The van der Waals surface area contributed by atoms with Crippen LogP contribution in [-0.4, -0.2) is 55.6 Å². The van der Waals surface area contributed by atoms with Gasteiger partial charge in [-0.25, -0.2) is 14.4 Å². The molecule has 44 heavy (non-hydrogen) atoms. The molecule has 226 valence electrons. The number of hydrogen-bond acceptors (Lipinski definition) is 9. The number of anilines is 3. The summed E-state index contributed by atoms with van der Waals surface area (Å²) in [6.45, 7) is 0. The summed E-state index contributed by atoms with van der Waals surface area (Å²) in [6.07, 6.45) is -6.90. The second kappa shape index (κ2) is 12.0. The van der Waals surface area contributed by atoms with Gasteiger partial charge in [-0.2, -0.15) is 18.4 Å². The first kappa shape index (κ1) is 30.8. The van der Waals surface area contributed by atoms with E-state index in [4.69, 9.17) is 9.78 Å². The van der Waals surface area contributed by atoms with Crippen molar-refractivity contribution in [3.05, 3.63) is 70.9 Å². The van der Waals surface area contributed by atoms with E-state index in [-0.39, 0.29) is 44.7 Å². The maximum absolute atomic E-state index is 14.3. The van der Waals surface area contributed by atoms with Gasteiger partial charge in [0, 0.05) is 18.3 Å². The second-order valence-corrected chi connectivity index (χ2v) is 8.93. The standard InChI is InChI=1S/C28H20F3N5O8/c1-36(27(41)43-3)14-5-6-15(19(9-14)28(29,30)31)16-11-22-18(10-21(16)34-26(40)42-2)23(35-44-22)24(37)33-20-7-4-13(12-32)8-17(20)25(38)39/h4-11H,1-3H3,(H,33,37)(H,34,40)(H,38,39). The summed E-state index contributed by atoms with van der Waals surface area (Å²) in [6, 6.07) is 10.6. The van der Waals surface area contributed by atoms with Crippen molar-refractivity contribution < 1.29 is 51.5 Å². The number of carbonyl (C=O) groups is 4. The average molecular weight is 611 g/mol. The van der Waals surface area contributed by atoms with Gasteiger partial charge < -0.3 is 24.4 Å². The van der Waals surface area contributed by atoms with E-state index < -0.39 is 47.1 Å². The minimum absolute atomic E-state index is 0.0292. The largest absolute Gasteiger partial charge is 0.478 e. The van der Waals surface area contributed by atoms with Crippen LogP contribution in [0.2, 0.25) is 0 Å². The molecule has 0 saturated carbocycles. The molecule has 13 nitrogen and oxygen atoms in total. The summed E-state index contributed by atoms with van der Waals surface area (Å²) in [5.74, 6) is -2.39. The van der Waals surface area contributed by atoms with Gasteiger partial charge in [0.25, 0.3) is 5.91 Å². The second-order valence-electron chi connectivity index (χ2n) is 8.93. The number of alkyl halides is 3. The molecule has 0 fully saturated rings. The van der Waals surface area contributed by atoms with E-state index in [2.05, 4.69) is 25.3 Å². The third kappa shape index (κ3) is 6.06. The van der Waals surface area contributed by atoms with Gasteiger partial charge in [-0.05, 0) is 48.0 Å². The summed E-state index contributed by atoms with van der Waals surface area (Å²) in [4.78, 5) is 49.7. The first-order valence-corrected chi connectivity index (χ1v) is 12.2. The zero-order chi connectivity index (χ0) is 32.3. The van der Waals surface area contributed by atoms with Crippen LogP contribution in [0.3, 0.4) is 0 Å². The number of carboxylic acids is 1. The van der Waals surface area contributed by atoms with Crippen LogP contribution in [0.1, 0.15) is 32.0 Å². The Morgan fingerprint density at radius 1 is 0.977 bits per heavy atom. The number of benzene rings is 3. The van der Waals surface area contributed by atoms with Crippen molar-refractivity contribution >= 4 is 52.1 Å². The Morgan fingerprint density at radius 3 is 2.32 bits per heavy atom. The number of carboxylic acid groups (broad SMARTS) is 1. The zero-order valence-corrected chi connectivity index (χ0v) is 22.9. The number of amides is 3. The minimum Gasteiger partial charge on any atom is -0.478 e. The number of aromatic carboxylic acids is 1. The van der Waals surface area contributed by atoms with E-state index in [1.807, 2.05) is 0 Å². The predicted octanol–water partition coefficient (Wildman–Crippen LogP) is 5.72. The maximum atomic E-state index is 14.3. The lowest BCUT2D eigenvalue weighted by molar-refractivity contribution is -0.137. The van der Waals surface area contributed by atoms with Gasteiger partial charge in [-0.3, -0.25) is 15.0 Å². The number of nitrogens with one attached hydrogen (secondary N) is 2. The van der Waals surface area contributed by atoms with Crippen molar-refractivity contribution in [3.8, 4) is 17.2 Å². The summed E-state index contributed by atoms with van der Waals surface area (Å²) in [5.41, 5.74) is -3.28. The van der Waals surface area contributed by atoms with Gasteiger partial charge in [0.15, 0.2) is 11.3 Å². The van der Waals surface area contributed by atoms with Gasteiger partial charge in [-0.15, -0.1) is 0 Å². The fraction of sp³-hybridized carbons (Fsp3) is 0.143. The molecule has 0 aliphatic heterocycles. The number of aromatic nitrogens is 1. The molecular weight excluding hydrogens is 591 g/mol. The number of hydrogen-bond donors (Lipinski definition) is 3. The molecule has 3 N–H and O–H groups in total. The lowest BCUT2D eigenvalue weighted by atomic mass is 9.95. The molecule has 16 heteroatoms. The summed E-state index contributed by atoms with van der Waals surface area (Å²) < 4.78 is 57.3. The fourth-order valence-corrected chi connectivity index (χ4v) is 4.17. The maximum Gasteiger partial charge on any atom is 0.417 e. The number of halogens is 3. The van der Waals surface area contributed by atoms with E-state index in [1.54, 1.807) is 6.07 Å². The van der Waals surface area contributed by atoms with Crippen LogP contribution < -0.4 is 15.5 Å². The Morgan fingerprint density at radius 2 is 1.70 bits per heavy atom. The summed E-state index contributed by atoms with van der Waals surface area (Å²) >= 11 is 0. The van der Waals surface area contributed by atoms with Gasteiger partial charge in [0.05, 0.1) is 53.7 Å². The molecule has 0 aliphatic carbocycles. The number of nitriles is 1. The Bertz CT molecular complexity index is 1860. The van der Waals surface area contributed by atoms with E-state index in [1.165, 1.54) is 25.2 Å². The van der Waals surface area contributed by atoms with Crippen molar-refractivity contribution in [2.75, 3.05) is 36.8 Å². The average Bonchev–Trinajstić information content (AvgIpc) is 3.42. The molecule has 4 rings (SSSR count). The van der Waals surface area contributed by atoms with Crippen LogP contribution in [0.25, 0.3) is 22.1 Å². The molecule has 1 heterocycles. The highest BCUT2D eigenvalue weighted by molar-refractivity contribution is 6.14. The number of nitrogens with zero attached hydrogens (tertiary/aromatic N) is 3. The van der Waals surface area contributed by atoms with Crippen LogP contribution in [0.4, 0.5) is 39.8 Å². The Labute approximate surface area is 245 Å². The van der Waals surface area contributed by atoms with Gasteiger partial charge >= 0.3 is 24.3 Å². The molecule has 0 atom stereocenters. The smallest absolute Gasteiger partial charge is 0.417 e. The highest BCUT2D eigenvalue weighted by atomic mass is 19.4. The van der Waals surface area contributed by atoms with Crippen molar-refractivity contribution in [1.29, 1.82) is 5.26 Å². The Balaban J connectivity index is 1.86. The van der Waals surface area contributed by atoms with E-state index in [9.17, 15) is 37.5 Å². The third-order valence-electron chi connectivity index (χ3n) is 6.31. The zero-order valence-electron chi connectivity index (χ0n) is 22.9. The normalized spacial score (nSPS) is 10.9. The molecular formula is C28H20F3N5O8. The van der Waals surface area contributed by atoms with Crippen LogP contribution in [0.15, 0.2) is 53.1 Å². The number of ether oxygens (including phenoxy) is 2. The number of fused-ring (bicyclic) bond motifs is 1. The molecule has 4 aromatic rings. The highest BCUT2D eigenvalue weighted by Gasteiger charge is 2.36. The SMILES string of the molecule is COC(=O)Nc1cc2c(C(=O)Nc3ccc(C#N)cc3C(=O)O)noc2cc1-c1ccc(N(C)C(=O)OC)cc1C(F)(F)F. The monoisotopic (exact) mass is 611 g/mol. The third-order valence-corrected chi connectivity index (χ3v) is 6.31. The first-order valence-electron chi connectivity index (χ1n) is 12.2. The van der Waals surface area contributed by atoms with Crippen LogP contribution in [0.5, 0.6) is 0 Å². The molecule has 0 saturated heterocycles. The van der Waals surface area contributed by atoms with Crippen LogP contribution >= 0.6 is 0 Å². The molecule has 3 amide bonds. The molecule has 1 aromatic heterocycles. The van der Waals surface area contributed by atoms with Crippen molar-refractivity contribution in [2.24, 2.45) is 0 Å². The quantitative estimate of drug-likeness (QED) is 0.244. The van der Waals surface area contributed by atoms with Crippen LogP contribution in [0, 0.1) is 11.3 Å². The van der Waals surface area contributed by atoms with E-state index >= 15 is 0 Å². The van der Waals surface area contributed by atoms with Gasteiger partial charge in [0.2, 0.25) is 0 Å². The Hall–Kier alpha value is -6.11. The van der Waals surface area contributed by atoms with Gasteiger partial charge in [0.1, 0.15) is 0 Å². The molecule has 0 bridgehead atoms. The summed E-state index contributed by atoms with van der Waals surface area (Å²) in [5, 5.41) is 26.9. The number of methoxy groups -OCH3 is 2. The summed E-state index contributed by atoms with van der Waals surface area (Å²) in [7, 11) is 3.32. The van der Waals surface area contributed by atoms with Crippen molar-refractivity contribution in [3.63, 3.8) is 0 Å². The Kier molecular flexibility index (Phi) is 8.42. The predicted molar refractivity (Wildman–Crippen MR) is 147 cm³/mol. The fourth-order valence-electron chi connectivity index (χ4n) is 4.17. The molecule has 0 radical (unpaired) electrons. The van der Waals surface area contributed by atoms with Crippen LogP contribution in [-0.2, 0) is 15.7 Å². The lowest BCUT2D eigenvalue weighted by Crippen LogP contribution is -2.26. The number of carbonyl (C=O) groups excluding carboxylic acids is 3. The van der Waals surface area contributed by atoms with Crippen molar-refractivity contribution in [2.45, 2.75) is 6.18 Å². The van der Waals surface area contributed by atoms with Crippen molar-refractivity contribution in [1.82, 2.24) is 5.16 Å². The minimum atomic E-state index is -4.94. The molecule has 0 unspecified atom stereocenters. The molecule has 3 aromatic carbocycles. The highest BCUT2D eigenvalue weighted by Crippen LogP contribution is 2.43. The lowest BCUT2D eigenvalue weighted by Gasteiger charge is -2.21. The first-order chi connectivity index (χ1) is 20.8. The topological polar surface area (TPSA) is 184 Å². The number of rotatable bonds is 6. The molecule has 0 aliphatic rings. The molecule has 0 spiro atoms. The van der Waals surface area contributed by atoms with E-state index in [0.717, 1.165) is 49.5 Å². The van der Waals surface area contributed by atoms with E-state index in [0.29, 0.717) is 0 Å². The van der Waals surface area contributed by atoms with Gasteiger partial charge in [-0.1, -0.05) is 11.2 Å².